The Bertz CT molecular complexity index is 1650. The highest BCUT2D eigenvalue weighted by Crippen LogP contribution is 2.43. The van der Waals surface area contributed by atoms with Crippen molar-refractivity contribution in [2.24, 2.45) is 5.92 Å². The second-order valence-corrected chi connectivity index (χ2v) is 11.5. The molecule has 0 bridgehead atoms. The van der Waals surface area contributed by atoms with Gasteiger partial charge in [-0.05, 0) is 51.4 Å². The number of nitrogens with zero attached hydrogens (tertiary/aromatic N) is 5. The summed E-state index contributed by atoms with van der Waals surface area (Å²) in [7, 11) is 0. The second-order valence-electron chi connectivity index (χ2n) is 10.5. The molecule has 44 heavy (non-hydrogen) atoms. The number of ether oxygens (including phenoxy) is 2. The molecule has 11 heteroatoms. The number of aliphatic hydroxyl groups excluding tert-OH is 1. The van der Waals surface area contributed by atoms with E-state index in [0.29, 0.717) is 23.0 Å². The van der Waals surface area contributed by atoms with Crippen LogP contribution in [0.2, 0.25) is 0 Å². The number of nitrogens with one attached hydrogen (secondary N) is 1. The van der Waals surface area contributed by atoms with Gasteiger partial charge in [-0.15, -0.1) is 5.10 Å². The maximum Gasteiger partial charge on any atom is 0.253 e. The molecule has 1 fully saturated rings. The van der Waals surface area contributed by atoms with E-state index in [4.69, 9.17) is 9.47 Å². The third kappa shape index (κ3) is 6.87. The molecule has 224 valence electrons. The number of tetrazole rings is 1. The van der Waals surface area contributed by atoms with Crippen LogP contribution in [0, 0.1) is 5.92 Å². The van der Waals surface area contributed by atoms with Crippen molar-refractivity contribution in [1.29, 1.82) is 0 Å². The molecule has 3 heterocycles. The first-order chi connectivity index (χ1) is 21.6. The smallest absolute Gasteiger partial charge is 0.253 e. The molecular weight excluding hydrogens is 576 g/mol. The summed E-state index contributed by atoms with van der Waals surface area (Å²) < 4.78 is 14.9. The number of hydrogen-bond donors (Lipinski definition) is 2. The molecule has 1 aliphatic heterocycles. The minimum absolute atomic E-state index is 0.0155. The van der Waals surface area contributed by atoms with Crippen LogP contribution in [-0.4, -0.2) is 48.1 Å². The van der Waals surface area contributed by atoms with Gasteiger partial charge >= 0.3 is 0 Å². The van der Waals surface area contributed by atoms with Crippen molar-refractivity contribution in [2.45, 2.75) is 43.7 Å². The number of hydrogen-bond acceptors (Lipinski definition) is 9. The zero-order valence-electron chi connectivity index (χ0n) is 24.1. The van der Waals surface area contributed by atoms with Crippen LogP contribution in [0.15, 0.2) is 109 Å². The first-order valence-corrected chi connectivity index (χ1v) is 15.3. The fourth-order valence-electron chi connectivity index (χ4n) is 5.04. The van der Waals surface area contributed by atoms with Gasteiger partial charge in [0.2, 0.25) is 5.16 Å². The van der Waals surface area contributed by atoms with Crippen molar-refractivity contribution in [3.05, 3.63) is 131 Å². The van der Waals surface area contributed by atoms with E-state index >= 15 is 0 Å². The molecule has 1 saturated heterocycles. The van der Waals surface area contributed by atoms with Crippen molar-refractivity contribution in [3.8, 4) is 5.69 Å². The maximum absolute atomic E-state index is 12.4. The van der Waals surface area contributed by atoms with Gasteiger partial charge in [0.05, 0.1) is 30.1 Å². The summed E-state index contributed by atoms with van der Waals surface area (Å²) in [5, 5.41) is 25.5. The number of rotatable bonds is 10. The van der Waals surface area contributed by atoms with Crippen LogP contribution in [0.3, 0.4) is 0 Å². The van der Waals surface area contributed by atoms with E-state index < -0.39 is 6.29 Å². The fraction of sp³-hybridized carbons (Fsp3) is 0.242. The monoisotopic (exact) mass is 608 g/mol. The number of para-hydroxylation sites is 1. The number of amides is 1. The molecule has 10 nitrogen and oxygen atoms in total. The summed E-state index contributed by atoms with van der Waals surface area (Å²) in [6.45, 7) is 2.49. The Labute approximate surface area is 259 Å². The van der Waals surface area contributed by atoms with E-state index in [2.05, 4.69) is 32.7 Å². The third-order valence-electron chi connectivity index (χ3n) is 7.57. The van der Waals surface area contributed by atoms with Crippen molar-refractivity contribution in [3.63, 3.8) is 0 Å². The SMILES string of the molecule is C[C@H]1[C@@H](CSc2nnnn2-c2ccccc2)O[C@@H](c2ccc(CNC(=O)c3cccnc3)cc2)O[C@H]1c1ccc(CO)cc1. The number of aromatic nitrogens is 5. The van der Waals surface area contributed by atoms with Crippen molar-refractivity contribution in [2.75, 3.05) is 5.75 Å². The highest BCUT2D eigenvalue weighted by atomic mass is 32.2. The molecule has 0 saturated carbocycles. The summed E-state index contributed by atoms with van der Waals surface area (Å²) in [5.41, 5.74) is 5.09. The molecule has 3 aromatic carbocycles. The van der Waals surface area contributed by atoms with Crippen LogP contribution in [-0.2, 0) is 22.6 Å². The van der Waals surface area contributed by atoms with E-state index in [1.54, 1.807) is 29.2 Å². The minimum atomic E-state index is -0.608. The van der Waals surface area contributed by atoms with Crippen LogP contribution in [0.4, 0.5) is 0 Å². The average molecular weight is 609 g/mol. The Kier molecular flexibility index (Phi) is 9.37. The Balaban J connectivity index is 1.18. The Morgan fingerprint density at radius 1 is 0.932 bits per heavy atom. The number of carbonyl (C=O) groups is 1. The molecule has 5 aromatic rings. The highest BCUT2D eigenvalue weighted by molar-refractivity contribution is 7.99. The zero-order valence-corrected chi connectivity index (χ0v) is 24.9. The second kappa shape index (κ2) is 13.9. The molecule has 2 aromatic heterocycles. The number of carbonyl (C=O) groups excluding carboxylic acids is 1. The van der Waals surface area contributed by atoms with Gasteiger partial charge in [-0.1, -0.05) is 85.4 Å². The molecule has 0 aliphatic carbocycles. The lowest BCUT2D eigenvalue weighted by molar-refractivity contribution is -0.268. The first-order valence-electron chi connectivity index (χ1n) is 14.3. The van der Waals surface area contributed by atoms with E-state index in [0.717, 1.165) is 27.9 Å². The largest absolute Gasteiger partial charge is 0.392 e. The van der Waals surface area contributed by atoms with E-state index in [9.17, 15) is 9.90 Å². The Hall–Kier alpha value is -4.42. The maximum atomic E-state index is 12.4. The molecule has 1 aliphatic rings. The van der Waals surface area contributed by atoms with Gasteiger partial charge in [0.15, 0.2) is 6.29 Å². The van der Waals surface area contributed by atoms with Crippen molar-refractivity contribution in [1.82, 2.24) is 30.5 Å². The van der Waals surface area contributed by atoms with Crippen LogP contribution in [0.5, 0.6) is 0 Å². The number of benzene rings is 3. The highest BCUT2D eigenvalue weighted by Gasteiger charge is 2.38. The zero-order chi connectivity index (χ0) is 30.3. The first kappa shape index (κ1) is 29.6. The number of pyridine rings is 1. The number of thioether (sulfide) groups is 1. The van der Waals surface area contributed by atoms with E-state index in [1.807, 2.05) is 78.9 Å². The quantitative estimate of drug-likeness (QED) is 0.209. The molecule has 0 spiro atoms. The third-order valence-corrected chi connectivity index (χ3v) is 8.58. The van der Waals surface area contributed by atoms with Gasteiger partial charge in [0.1, 0.15) is 0 Å². The molecule has 2 N–H and O–H groups in total. The number of aliphatic hydroxyl groups is 1. The summed E-state index contributed by atoms with van der Waals surface area (Å²) in [5.74, 6) is 0.448. The van der Waals surface area contributed by atoms with Crippen LogP contribution in [0.1, 0.15) is 51.9 Å². The predicted octanol–water partition coefficient (Wildman–Crippen LogP) is 5.06. The lowest BCUT2D eigenvalue weighted by Crippen LogP contribution is -2.38. The van der Waals surface area contributed by atoms with Gasteiger partial charge in [0, 0.05) is 36.2 Å². The minimum Gasteiger partial charge on any atom is -0.392 e. The van der Waals surface area contributed by atoms with Gasteiger partial charge in [-0.3, -0.25) is 9.78 Å². The van der Waals surface area contributed by atoms with Crippen molar-refractivity contribution < 1.29 is 19.4 Å². The average Bonchev–Trinajstić information content (AvgIpc) is 3.56. The van der Waals surface area contributed by atoms with Crippen LogP contribution >= 0.6 is 11.8 Å². The Morgan fingerprint density at radius 2 is 1.68 bits per heavy atom. The molecule has 1 amide bonds. The lowest BCUT2D eigenvalue weighted by atomic mass is 9.91. The van der Waals surface area contributed by atoms with Gasteiger partial charge in [-0.2, -0.15) is 4.68 Å². The summed E-state index contributed by atoms with van der Waals surface area (Å²) in [6.07, 6.45) is 2.15. The van der Waals surface area contributed by atoms with Gasteiger partial charge < -0.3 is 19.9 Å². The molecule has 4 atom stereocenters. The fourth-order valence-corrected chi connectivity index (χ4v) is 6.09. The predicted molar refractivity (Wildman–Crippen MR) is 165 cm³/mol. The van der Waals surface area contributed by atoms with Crippen LogP contribution < -0.4 is 5.32 Å². The van der Waals surface area contributed by atoms with Crippen LogP contribution in [0.25, 0.3) is 5.69 Å². The molecular formula is C33H32N6O4S. The normalized spacial score (nSPS) is 19.9. The summed E-state index contributed by atoms with van der Waals surface area (Å²) >= 11 is 1.54. The molecule has 0 radical (unpaired) electrons. The Morgan fingerprint density at radius 3 is 2.41 bits per heavy atom. The standard InChI is InChI=1S/C33H32N6O4S/c1-22-29(21-44-33-36-37-38-39(33)28-7-3-2-4-8-28)42-32(43-30(22)25-13-11-24(20-40)12-14-25)26-15-9-23(10-16-26)18-35-31(41)27-6-5-17-34-19-27/h2-17,19,22,29-30,32,40H,18,20-21H2,1H3,(H,35,41)/t22-,29+,30+,32+/m0/s1. The summed E-state index contributed by atoms with van der Waals surface area (Å²) in [6, 6.07) is 29.0. The van der Waals surface area contributed by atoms with Crippen molar-refractivity contribution >= 4 is 17.7 Å². The van der Waals surface area contributed by atoms with E-state index in [-0.39, 0.29) is 30.6 Å². The van der Waals surface area contributed by atoms with Gasteiger partial charge in [-0.25, -0.2) is 0 Å². The topological polar surface area (TPSA) is 124 Å². The molecule has 0 unspecified atom stereocenters. The van der Waals surface area contributed by atoms with E-state index in [1.165, 1.54) is 11.8 Å². The summed E-state index contributed by atoms with van der Waals surface area (Å²) in [4.78, 5) is 16.4. The van der Waals surface area contributed by atoms with Gasteiger partial charge in [0.25, 0.3) is 5.91 Å². The lowest BCUT2D eigenvalue weighted by Gasteiger charge is -2.41. The molecule has 6 rings (SSSR count).